The number of rotatable bonds is 8. The fourth-order valence-electron chi connectivity index (χ4n) is 3.13. The molecule has 0 unspecified atom stereocenters. The van der Waals surface area contributed by atoms with E-state index in [4.69, 9.17) is 30.5 Å². The predicted molar refractivity (Wildman–Crippen MR) is 136 cm³/mol. The first-order valence-electron chi connectivity index (χ1n) is 9.85. The number of amides is 1. The summed E-state index contributed by atoms with van der Waals surface area (Å²) in [5.74, 6) is 1.75. The number of carbonyl (C=O) groups is 1. The zero-order valence-corrected chi connectivity index (χ0v) is 21.1. The maximum Gasteiger partial charge on any atom is 0.290 e. The Morgan fingerprint density at radius 1 is 0.971 bits per heavy atom. The lowest BCUT2D eigenvalue weighted by Crippen LogP contribution is -2.24. The number of ether oxygens (including phenoxy) is 4. The number of fused-ring (bicyclic) bond motifs is 1. The Bertz CT molecular complexity index is 1340. The number of methoxy groups -OCH3 is 4. The second-order valence-electron chi connectivity index (χ2n) is 6.75. The third kappa shape index (κ3) is 4.79. The fraction of sp³-hybridized carbons (Fsp3) is 0.174. The molecule has 0 aliphatic carbocycles. The minimum atomic E-state index is -0.355. The molecular weight excluding hydrogens is 498 g/mol. The highest BCUT2D eigenvalue weighted by Crippen LogP contribution is 2.38. The summed E-state index contributed by atoms with van der Waals surface area (Å²) in [4.78, 5) is 18.4. The number of nitrogens with zero attached hydrogens (tertiary/aromatic N) is 3. The van der Waals surface area contributed by atoms with Crippen LogP contribution in [0.3, 0.4) is 0 Å². The Labute approximate surface area is 208 Å². The summed E-state index contributed by atoms with van der Waals surface area (Å²) in [5, 5.41) is 6.14. The molecule has 1 amide bonds. The average Bonchev–Trinajstić information content (AvgIpc) is 3.48. The molecule has 2 aromatic carbocycles. The van der Waals surface area contributed by atoms with Crippen molar-refractivity contribution < 1.29 is 23.7 Å². The van der Waals surface area contributed by atoms with Gasteiger partial charge in [0.25, 0.3) is 5.91 Å². The van der Waals surface area contributed by atoms with Crippen LogP contribution in [-0.4, -0.2) is 45.5 Å². The van der Waals surface area contributed by atoms with Crippen LogP contribution in [0.5, 0.6) is 23.0 Å². The van der Waals surface area contributed by atoms with Crippen molar-refractivity contribution in [1.82, 2.24) is 4.98 Å². The molecule has 0 aliphatic rings. The van der Waals surface area contributed by atoms with Crippen LogP contribution in [0.15, 0.2) is 47.6 Å². The molecule has 2 heterocycles. The van der Waals surface area contributed by atoms with E-state index < -0.39 is 0 Å². The van der Waals surface area contributed by atoms with Gasteiger partial charge >= 0.3 is 0 Å². The first kappa shape index (κ1) is 23.8. The predicted octanol–water partition coefficient (Wildman–Crippen LogP) is 5.73. The highest BCUT2D eigenvalue weighted by Gasteiger charge is 2.23. The molecule has 4 aromatic rings. The first-order valence-corrected chi connectivity index (χ1v) is 11.9. The Morgan fingerprint density at radius 3 is 2.29 bits per heavy atom. The summed E-state index contributed by atoms with van der Waals surface area (Å²) in [5.41, 5.74) is 1.37. The van der Waals surface area contributed by atoms with Crippen molar-refractivity contribution >= 4 is 61.7 Å². The van der Waals surface area contributed by atoms with Gasteiger partial charge in [0.1, 0.15) is 5.75 Å². The average molecular weight is 518 g/mol. The van der Waals surface area contributed by atoms with Gasteiger partial charge in [-0.05, 0) is 42.5 Å². The fourth-order valence-corrected chi connectivity index (χ4v) is 5.05. The van der Waals surface area contributed by atoms with Gasteiger partial charge in [-0.2, -0.15) is 10.1 Å². The quantitative estimate of drug-likeness (QED) is 0.219. The maximum atomic E-state index is 13.4. The minimum absolute atomic E-state index is 0.355. The van der Waals surface area contributed by atoms with Crippen molar-refractivity contribution in [2.24, 2.45) is 5.10 Å². The van der Waals surface area contributed by atoms with Gasteiger partial charge < -0.3 is 18.9 Å². The molecule has 34 heavy (non-hydrogen) atoms. The summed E-state index contributed by atoms with van der Waals surface area (Å²) < 4.78 is 22.9. The van der Waals surface area contributed by atoms with E-state index in [1.165, 1.54) is 55.2 Å². The second kappa shape index (κ2) is 10.3. The molecule has 0 radical (unpaired) electrons. The number of hydrazone groups is 1. The molecule has 176 valence electrons. The molecule has 8 nitrogen and oxygen atoms in total. The van der Waals surface area contributed by atoms with Gasteiger partial charge in [0.2, 0.25) is 10.9 Å². The van der Waals surface area contributed by atoms with E-state index in [1.807, 2.05) is 18.2 Å². The number of carbonyl (C=O) groups excluding carboxylic acids is 1. The maximum absolute atomic E-state index is 13.4. The van der Waals surface area contributed by atoms with Crippen LogP contribution < -0.4 is 24.0 Å². The number of thiophene rings is 1. The van der Waals surface area contributed by atoms with E-state index in [0.717, 1.165) is 10.2 Å². The van der Waals surface area contributed by atoms with E-state index in [2.05, 4.69) is 10.1 Å². The number of benzene rings is 2. The van der Waals surface area contributed by atoms with Crippen molar-refractivity contribution in [2.45, 2.75) is 0 Å². The van der Waals surface area contributed by atoms with Gasteiger partial charge in [-0.25, -0.2) is 4.98 Å². The van der Waals surface area contributed by atoms with Crippen LogP contribution in [-0.2, 0) is 0 Å². The van der Waals surface area contributed by atoms with Gasteiger partial charge in [-0.3, -0.25) is 4.79 Å². The Morgan fingerprint density at radius 2 is 1.71 bits per heavy atom. The van der Waals surface area contributed by atoms with Gasteiger partial charge in [0.15, 0.2) is 11.5 Å². The van der Waals surface area contributed by atoms with Crippen molar-refractivity contribution in [2.75, 3.05) is 33.4 Å². The van der Waals surface area contributed by atoms with E-state index in [0.29, 0.717) is 42.9 Å². The topological polar surface area (TPSA) is 82.5 Å². The lowest BCUT2D eigenvalue weighted by atomic mass is 10.2. The third-order valence-corrected chi connectivity index (χ3v) is 6.96. The molecule has 0 saturated carbocycles. The highest BCUT2D eigenvalue weighted by atomic mass is 35.5. The monoisotopic (exact) mass is 517 g/mol. The molecule has 2 aromatic heterocycles. The molecular formula is C23H20ClN3O5S2. The largest absolute Gasteiger partial charge is 0.497 e. The summed E-state index contributed by atoms with van der Waals surface area (Å²) in [7, 11) is 6.19. The van der Waals surface area contributed by atoms with E-state index >= 15 is 0 Å². The Kier molecular flexibility index (Phi) is 7.20. The normalized spacial score (nSPS) is 11.1. The zero-order valence-electron chi connectivity index (χ0n) is 18.7. The van der Waals surface area contributed by atoms with Gasteiger partial charge in [-0.15, -0.1) is 11.3 Å². The number of aromatic nitrogens is 1. The molecule has 0 spiro atoms. The van der Waals surface area contributed by atoms with Crippen molar-refractivity contribution in [3.8, 4) is 23.0 Å². The number of halogens is 1. The van der Waals surface area contributed by atoms with Crippen molar-refractivity contribution in [3.05, 3.63) is 57.2 Å². The van der Waals surface area contributed by atoms with E-state index in [9.17, 15) is 4.79 Å². The van der Waals surface area contributed by atoms with Crippen LogP contribution in [0.1, 0.15) is 15.2 Å². The molecule has 0 saturated heterocycles. The van der Waals surface area contributed by atoms with Crippen molar-refractivity contribution in [1.29, 1.82) is 0 Å². The molecule has 4 rings (SSSR count). The molecule has 0 atom stereocenters. The van der Waals surface area contributed by atoms with E-state index in [-0.39, 0.29) is 5.91 Å². The van der Waals surface area contributed by atoms with E-state index in [1.54, 1.807) is 31.4 Å². The number of anilines is 1. The molecule has 0 aliphatic heterocycles. The highest BCUT2D eigenvalue weighted by molar-refractivity contribution is 7.22. The Hall–Kier alpha value is -3.34. The lowest BCUT2D eigenvalue weighted by Gasteiger charge is -2.14. The smallest absolute Gasteiger partial charge is 0.290 e. The molecule has 0 N–H and O–H groups in total. The molecule has 0 bridgehead atoms. The van der Waals surface area contributed by atoms with Gasteiger partial charge in [-0.1, -0.05) is 22.9 Å². The summed E-state index contributed by atoms with van der Waals surface area (Å²) in [6.45, 7) is 0. The Balaban J connectivity index is 1.78. The van der Waals surface area contributed by atoms with Crippen LogP contribution in [0.25, 0.3) is 10.2 Å². The number of thiazole rings is 1. The summed E-state index contributed by atoms with van der Waals surface area (Å²) in [6.07, 6.45) is 1.53. The van der Waals surface area contributed by atoms with Gasteiger partial charge in [0, 0.05) is 5.56 Å². The molecule has 11 heteroatoms. The second-order valence-corrected chi connectivity index (χ2v) is 9.48. The minimum Gasteiger partial charge on any atom is -0.497 e. The van der Waals surface area contributed by atoms with Crippen LogP contribution >= 0.6 is 34.3 Å². The third-order valence-electron chi connectivity index (χ3n) is 4.75. The number of hydrogen-bond donors (Lipinski definition) is 0. The first-order chi connectivity index (χ1) is 16.5. The zero-order chi connectivity index (χ0) is 24.2. The SMILES string of the molecule is COc1ccc2nc(N(/N=C/c3cc(OC)c(OC)c(OC)c3)C(=O)c3ccc(Cl)s3)sc2c1. The van der Waals surface area contributed by atoms with Crippen LogP contribution in [0.4, 0.5) is 5.13 Å². The molecule has 0 fully saturated rings. The standard InChI is InChI=1S/C23H20ClN3O5S2/c1-29-14-5-6-15-19(11-14)34-23(26-15)27(22(28)18-7-8-20(24)33-18)25-12-13-9-16(30-2)21(32-4)17(10-13)31-3/h5-12H,1-4H3/b25-12+. The van der Waals surface area contributed by atoms with Crippen molar-refractivity contribution in [3.63, 3.8) is 0 Å². The summed E-state index contributed by atoms with van der Waals surface area (Å²) >= 11 is 8.56. The van der Waals surface area contributed by atoms with Gasteiger partial charge in [0.05, 0.1) is 54.1 Å². The number of hydrogen-bond acceptors (Lipinski definition) is 9. The summed E-state index contributed by atoms with van der Waals surface area (Å²) in [6, 6.07) is 12.3. The van der Waals surface area contributed by atoms with Crippen LogP contribution in [0, 0.1) is 0 Å². The lowest BCUT2D eigenvalue weighted by molar-refractivity contribution is 0.0991. The van der Waals surface area contributed by atoms with Crippen LogP contribution in [0.2, 0.25) is 4.34 Å².